The highest BCUT2D eigenvalue weighted by Crippen LogP contribution is 2.28. The van der Waals surface area contributed by atoms with Crippen molar-refractivity contribution in [3.05, 3.63) is 59.2 Å². The zero-order chi connectivity index (χ0) is 15.0. The van der Waals surface area contributed by atoms with Crippen molar-refractivity contribution < 1.29 is 8.42 Å². The molecule has 0 spiro atoms. The Morgan fingerprint density at radius 1 is 1.14 bits per heavy atom. The maximum absolute atomic E-state index is 12.7. The van der Waals surface area contributed by atoms with E-state index in [9.17, 15) is 8.42 Å². The predicted octanol–water partition coefficient (Wildman–Crippen LogP) is 2.32. The van der Waals surface area contributed by atoms with E-state index in [1.807, 2.05) is 31.2 Å². The van der Waals surface area contributed by atoms with Crippen LogP contribution in [0.3, 0.4) is 0 Å². The molecule has 0 unspecified atom stereocenters. The zero-order valence-electron chi connectivity index (χ0n) is 11.9. The second-order valence-corrected chi connectivity index (χ2v) is 7.33. The Balaban J connectivity index is 1.95. The summed E-state index contributed by atoms with van der Waals surface area (Å²) in [5.74, 6) is 0. The fourth-order valence-electron chi connectivity index (χ4n) is 2.74. The topological polar surface area (TPSA) is 63.4 Å². The van der Waals surface area contributed by atoms with E-state index in [2.05, 4.69) is 0 Å². The summed E-state index contributed by atoms with van der Waals surface area (Å²) < 4.78 is 27.0. The minimum atomic E-state index is -3.45. The van der Waals surface area contributed by atoms with Gasteiger partial charge >= 0.3 is 0 Å². The van der Waals surface area contributed by atoms with Crippen LogP contribution in [0.15, 0.2) is 47.4 Å². The molecule has 0 saturated carbocycles. The molecule has 1 heterocycles. The minimum absolute atomic E-state index is 0.356. The molecule has 1 aliphatic heterocycles. The molecule has 110 valence electrons. The van der Waals surface area contributed by atoms with Crippen molar-refractivity contribution in [2.45, 2.75) is 24.8 Å². The van der Waals surface area contributed by atoms with Crippen LogP contribution < -0.4 is 5.73 Å². The van der Waals surface area contributed by atoms with Crippen molar-refractivity contribution in [2.75, 3.05) is 12.3 Å². The lowest BCUT2D eigenvalue weighted by Crippen LogP contribution is -2.36. The van der Waals surface area contributed by atoms with E-state index in [1.54, 1.807) is 18.2 Å². The highest BCUT2D eigenvalue weighted by atomic mass is 32.2. The standard InChI is InChI=1S/C16H18N2O2S/c1-12-4-2-6-14(10-12)21(19,20)18-9-8-15-13(11-18)5-3-7-16(15)17/h2-7,10H,8-9,11,17H2,1H3. The van der Waals surface area contributed by atoms with Crippen LogP contribution in [0.25, 0.3) is 0 Å². The Kier molecular flexibility index (Phi) is 3.47. The van der Waals surface area contributed by atoms with Gasteiger partial charge in [0.15, 0.2) is 0 Å². The third kappa shape index (κ3) is 2.54. The number of aryl methyl sites for hydroxylation is 1. The molecule has 2 aromatic rings. The van der Waals surface area contributed by atoms with Crippen molar-refractivity contribution in [3.8, 4) is 0 Å². The van der Waals surface area contributed by atoms with E-state index < -0.39 is 10.0 Å². The third-order valence-electron chi connectivity index (χ3n) is 3.89. The second-order valence-electron chi connectivity index (χ2n) is 5.39. The monoisotopic (exact) mass is 302 g/mol. The van der Waals surface area contributed by atoms with E-state index in [-0.39, 0.29) is 0 Å². The van der Waals surface area contributed by atoms with E-state index in [0.29, 0.717) is 24.4 Å². The molecule has 0 amide bonds. The molecular formula is C16H18N2O2S. The van der Waals surface area contributed by atoms with Crippen molar-refractivity contribution in [2.24, 2.45) is 0 Å². The van der Waals surface area contributed by atoms with Gasteiger partial charge in [0.05, 0.1) is 4.90 Å². The first-order valence-electron chi connectivity index (χ1n) is 6.91. The molecule has 2 N–H and O–H groups in total. The Bertz CT molecular complexity index is 785. The van der Waals surface area contributed by atoms with Crippen LogP contribution in [0.5, 0.6) is 0 Å². The number of hydrogen-bond acceptors (Lipinski definition) is 3. The lowest BCUT2D eigenvalue weighted by Gasteiger charge is -2.28. The summed E-state index contributed by atoms with van der Waals surface area (Å²) in [6, 6.07) is 12.7. The molecule has 0 radical (unpaired) electrons. The normalized spacial score (nSPS) is 15.7. The van der Waals surface area contributed by atoms with Crippen LogP contribution >= 0.6 is 0 Å². The number of hydrogen-bond donors (Lipinski definition) is 1. The lowest BCUT2D eigenvalue weighted by atomic mass is 9.99. The maximum atomic E-state index is 12.7. The maximum Gasteiger partial charge on any atom is 0.243 e. The van der Waals surface area contributed by atoms with Gasteiger partial charge in [-0.1, -0.05) is 24.3 Å². The molecule has 3 rings (SSSR count). The first kappa shape index (κ1) is 14.1. The molecule has 0 saturated heterocycles. The third-order valence-corrected chi connectivity index (χ3v) is 5.74. The van der Waals surface area contributed by atoms with Crippen LogP contribution in [-0.4, -0.2) is 19.3 Å². The van der Waals surface area contributed by atoms with Crippen LogP contribution in [-0.2, 0) is 23.0 Å². The van der Waals surface area contributed by atoms with Gasteiger partial charge in [-0.2, -0.15) is 4.31 Å². The van der Waals surface area contributed by atoms with Gasteiger partial charge in [-0.05, 0) is 48.2 Å². The van der Waals surface area contributed by atoms with Crippen molar-refractivity contribution in [3.63, 3.8) is 0 Å². The van der Waals surface area contributed by atoms with Gasteiger partial charge in [0, 0.05) is 18.8 Å². The van der Waals surface area contributed by atoms with Crippen molar-refractivity contribution in [1.29, 1.82) is 0 Å². The highest BCUT2D eigenvalue weighted by Gasteiger charge is 2.28. The zero-order valence-corrected chi connectivity index (χ0v) is 12.7. The Morgan fingerprint density at radius 2 is 1.90 bits per heavy atom. The Labute approximate surface area is 125 Å². The molecule has 0 aliphatic carbocycles. The number of sulfonamides is 1. The smallest absolute Gasteiger partial charge is 0.243 e. The van der Waals surface area contributed by atoms with Gasteiger partial charge in [-0.3, -0.25) is 0 Å². The first-order chi connectivity index (χ1) is 9.98. The van der Waals surface area contributed by atoms with Gasteiger partial charge in [0.1, 0.15) is 0 Å². The van der Waals surface area contributed by atoms with Crippen LogP contribution in [0.2, 0.25) is 0 Å². The SMILES string of the molecule is Cc1cccc(S(=O)(=O)N2CCc3c(N)cccc3C2)c1. The molecule has 0 aromatic heterocycles. The van der Waals surface area contributed by atoms with Crippen molar-refractivity contribution in [1.82, 2.24) is 4.31 Å². The highest BCUT2D eigenvalue weighted by molar-refractivity contribution is 7.89. The van der Waals surface area contributed by atoms with Gasteiger partial charge in [0.2, 0.25) is 10.0 Å². The summed E-state index contributed by atoms with van der Waals surface area (Å²) in [5, 5.41) is 0. The van der Waals surface area contributed by atoms with Crippen LogP contribution in [0.4, 0.5) is 5.69 Å². The quantitative estimate of drug-likeness (QED) is 0.866. The average Bonchev–Trinajstić information content (AvgIpc) is 2.47. The fraction of sp³-hybridized carbons (Fsp3) is 0.250. The summed E-state index contributed by atoms with van der Waals surface area (Å²) in [7, 11) is -3.45. The van der Waals surface area contributed by atoms with Gasteiger partial charge in [0.25, 0.3) is 0 Å². The van der Waals surface area contributed by atoms with Crippen LogP contribution in [0, 0.1) is 6.92 Å². The number of nitrogen functional groups attached to an aromatic ring is 1. The largest absolute Gasteiger partial charge is 0.398 e. The number of nitrogens with two attached hydrogens (primary N) is 1. The van der Waals surface area contributed by atoms with E-state index in [0.717, 1.165) is 22.4 Å². The molecule has 4 nitrogen and oxygen atoms in total. The summed E-state index contributed by atoms with van der Waals surface area (Å²) in [4.78, 5) is 0.356. The van der Waals surface area contributed by atoms with E-state index in [1.165, 1.54) is 4.31 Å². The molecular weight excluding hydrogens is 284 g/mol. The first-order valence-corrected chi connectivity index (χ1v) is 8.35. The molecule has 21 heavy (non-hydrogen) atoms. The molecule has 0 bridgehead atoms. The lowest BCUT2D eigenvalue weighted by molar-refractivity contribution is 0.392. The summed E-state index contributed by atoms with van der Waals surface area (Å²) in [5.41, 5.74) is 9.73. The Morgan fingerprint density at radius 3 is 2.67 bits per heavy atom. The molecule has 0 atom stereocenters. The second kappa shape index (κ2) is 5.16. The molecule has 0 fully saturated rings. The van der Waals surface area contributed by atoms with Crippen molar-refractivity contribution >= 4 is 15.7 Å². The van der Waals surface area contributed by atoms with Gasteiger partial charge < -0.3 is 5.73 Å². The average molecular weight is 302 g/mol. The summed E-state index contributed by atoms with van der Waals surface area (Å²) in [6.45, 7) is 2.75. The van der Waals surface area contributed by atoms with E-state index in [4.69, 9.17) is 5.73 Å². The van der Waals surface area contributed by atoms with Gasteiger partial charge in [-0.15, -0.1) is 0 Å². The summed E-state index contributed by atoms with van der Waals surface area (Å²) >= 11 is 0. The van der Waals surface area contributed by atoms with Gasteiger partial charge in [-0.25, -0.2) is 8.42 Å². The summed E-state index contributed by atoms with van der Waals surface area (Å²) in [6.07, 6.45) is 0.660. The number of fused-ring (bicyclic) bond motifs is 1. The van der Waals surface area contributed by atoms with E-state index >= 15 is 0 Å². The number of nitrogens with zero attached hydrogens (tertiary/aromatic N) is 1. The number of benzene rings is 2. The number of anilines is 1. The molecule has 5 heteroatoms. The predicted molar refractivity (Wildman–Crippen MR) is 83.3 cm³/mol. The Hall–Kier alpha value is -1.85. The fourth-order valence-corrected chi connectivity index (χ4v) is 4.27. The van der Waals surface area contributed by atoms with Crippen LogP contribution in [0.1, 0.15) is 16.7 Å². The number of rotatable bonds is 2. The minimum Gasteiger partial charge on any atom is -0.398 e. The molecule has 2 aromatic carbocycles. The molecule has 1 aliphatic rings.